The summed E-state index contributed by atoms with van der Waals surface area (Å²) in [6.07, 6.45) is 1.13. The normalized spacial score (nSPS) is 18.4. The second-order valence-electron chi connectivity index (χ2n) is 7.38. The number of hydrogen-bond donors (Lipinski definition) is 1. The highest BCUT2D eigenvalue weighted by molar-refractivity contribution is 9.10. The van der Waals surface area contributed by atoms with E-state index in [1.54, 1.807) is 18.3 Å². The quantitative estimate of drug-likeness (QED) is 0.519. The average Bonchev–Trinajstić information content (AvgIpc) is 3.22. The van der Waals surface area contributed by atoms with E-state index < -0.39 is 11.9 Å². The lowest BCUT2D eigenvalue weighted by molar-refractivity contribution is -0.141. The van der Waals surface area contributed by atoms with Gasteiger partial charge >= 0.3 is 6.18 Å². The molecular formula is C22H19BrF3N5O. The fourth-order valence-corrected chi connectivity index (χ4v) is 4.32. The largest absolute Gasteiger partial charge is 0.434 e. The Labute approximate surface area is 191 Å². The molecule has 3 aromatic rings. The third kappa shape index (κ3) is 4.74. The summed E-state index contributed by atoms with van der Waals surface area (Å²) in [5.41, 5.74) is -0.0176. The molecule has 1 amide bonds. The zero-order valence-electron chi connectivity index (χ0n) is 16.8. The summed E-state index contributed by atoms with van der Waals surface area (Å²) in [4.78, 5) is 26.5. The van der Waals surface area contributed by atoms with Crippen molar-refractivity contribution >= 4 is 33.3 Å². The molecule has 32 heavy (non-hydrogen) atoms. The van der Waals surface area contributed by atoms with Crippen LogP contribution in [0.2, 0.25) is 0 Å². The van der Waals surface area contributed by atoms with Gasteiger partial charge in [0.25, 0.3) is 5.91 Å². The van der Waals surface area contributed by atoms with E-state index >= 15 is 0 Å². The number of halogens is 4. The van der Waals surface area contributed by atoms with Crippen LogP contribution in [0, 0.1) is 0 Å². The van der Waals surface area contributed by atoms with Crippen LogP contribution < -0.4 is 10.2 Å². The standard InChI is InChI=1S/C22H19BrF3N5O/c23-15-8-5-11-27-20(15)21(32)30-16-9-4-10-17(16)31(14-6-2-1-3-7-14)19-13-28-18(12-29-19)22(24,25)26/h1-3,5-8,11-13,16-17H,4,9-10H2,(H,30,32). The molecule has 0 radical (unpaired) electrons. The van der Waals surface area contributed by atoms with Crippen molar-refractivity contribution in [2.45, 2.75) is 37.5 Å². The van der Waals surface area contributed by atoms with Gasteiger partial charge in [0.2, 0.25) is 0 Å². The number of alkyl halides is 3. The first-order valence-electron chi connectivity index (χ1n) is 9.99. The lowest BCUT2D eigenvalue weighted by Crippen LogP contribution is -2.47. The number of nitrogens with zero attached hydrogens (tertiary/aromatic N) is 4. The molecule has 1 fully saturated rings. The summed E-state index contributed by atoms with van der Waals surface area (Å²) >= 11 is 3.34. The number of carbonyl (C=O) groups is 1. The van der Waals surface area contributed by atoms with Gasteiger partial charge in [0.1, 0.15) is 5.69 Å². The first-order valence-corrected chi connectivity index (χ1v) is 10.8. The Morgan fingerprint density at radius 3 is 2.47 bits per heavy atom. The zero-order chi connectivity index (χ0) is 22.7. The first-order chi connectivity index (χ1) is 15.3. The molecule has 2 aromatic heterocycles. The third-order valence-corrected chi connectivity index (χ3v) is 5.95. The van der Waals surface area contributed by atoms with Crippen LogP contribution in [0.25, 0.3) is 0 Å². The maximum Gasteiger partial charge on any atom is 0.434 e. The fourth-order valence-electron chi connectivity index (χ4n) is 3.88. The molecule has 1 aliphatic carbocycles. The van der Waals surface area contributed by atoms with E-state index in [1.807, 2.05) is 35.2 Å². The number of hydrogen-bond acceptors (Lipinski definition) is 5. The van der Waals surface area contributed by atoms with Crippen molar-refractivity contribution in [2.24, 2.45) is 0 Å². The minimum atomic E-state index is -4.57. The second kappa shape index (κ2) is 9.23. The van der Waals surface area contributed by atoms with Gasteiger partial charge in [-0.1, -0.05) is 18.2 Å². The van der Waals surface area contributed by atoms with Gasteiger partial charge in [0.05, 0.1) is 18.4 Å². The molecule has 2 unspecified atom stereocenters. The monoisotopic (exact) mass is 505 g/mol. The molecular weight excluding hydrogens is 487 g/mol. The number of para-hydroxylation sites is 1. The van der Waals surface area contributed by atoms with Gasteiger partial charge in [-0.25, -0.2) is 15.0 Å². The number of nitrogens with one attached hydrogen (secondary N) is 1. The summed E-state index contributed by atoms with van der Waals surface area (Å²) in [5.74, 6) is -0.0322. The van der Waals surface area contributed by atoms with E-state index in [0.29, 0.717) is 4.47 Å². The number of rotatable bonds is 5. The van der Waals surface area contributed by atoms with E-state index in [0.717, 1.165) is 37.3 Å². The summed E-state index contributed by atoms with van der Waals surface area (Å²) in [6.45, 7) is 0. The first kappa shape index (κ1) is 22.2. The number of amides is 1. The van der Waals surface area contributed by atoms with E-state index in [4.69, 9.17) is 0 Å². The number of carbonyl (C=O) groups excluding carboxylic acids is 1. The maximum absolute atomic E-state index is 13.0. The Morgan fingerprint density at radius 2 is 1.81 bits per heavy atom. The van der Waals surface area contributed by atoms with Crippen LogP contribution >= 0.6 is 15.9 Å². The maximum atomic E-state index is 13.0. The topological polar surface area (TPSA) is 71.0 Å². The Bertz CT molecular complexity index is 1080. The van der Waals surface area contributed by atoms with Gasteiger partial charge < -0.3 is 10.2 Å². The molecule has 166 valence electrons. The minimum Gasteiger partial charge on any atom is -0.346 e. The highest BCUT2D eigenvalue weighted by Crippen LogP contribution is 2.35. The van der Waals surface area contributed by atoms with Crippen molar-refractivity contribution in [1.82, 2.24) is 20.3 Å². The number of pyridine rings is 1. The summed E-state index contributed by atoms with van der Waals surface area (Å²) < 4.78 is 39.5. The van der Waals surface area contributed by atoms with Gasteiger partial charge in [-0.2, -0.15) is 13.2 Å². The lowest BCUT2D eigenvalue weighted by atomic mass is 10.1. The molecule has 1 N–H and O–H groups in total. The Hall–Kier alpha value is -3.01. The molecule has 2 heterocycles. The van der Waals surface area contributed by atoms with Crippen molar-refractivity contribution in [3.63, 3.8) is 0 Å². The van der Waals surface area contributed by atoms with Gasteiger partial charge in [-0.3, -0.25) is 4.79 Å². The Morgan fingerprint density at radius 1 is 1.03 bits per heavy atom. The van der Waals surface area contributed by atoms with E-state index in [1.165, 1.54) is 0 Å². The summed E-state index contributed by atoms with van der Waals surface area (Å²) in [6, 6.07) is 12.2. The number of aromatic nitrogens is 3. The molecule has 0 bridgehead atoms. The van der Waals surface area contributed by atoms with Crippen molar-refractivity contribution in [2.75, 3.05) is 4.90 Å². The number of anilines is 2. The molecule has 2 atom stereocenters. The predicted octanol–water partition coefficient (Wildman–Crippen LogP) is 5.14. The zero-order valence-corrected chi connectivity index (χ0v) is 18.3. The lowest BCUT2D eigenvalue weighted by Gasteiger charge is -2.34. The van der Waals surface area contributed by atoms with Crippen LogP contribution in [0.15, 0.2) is 65.5 Å². The molecule has 10 heteroatoms. The molecule has 4 rings (SSSR count). The average molecular weight is 506 g/mol. The summed E-state index contributed by atoms with van der Waals surface area (Å²) in [7, 11) is 0. The second-order valence-corrected chi connectivity index (χ2v) is 8.23. The Balaban J connectivity index is 1.65. The Kier molecular flexibility index (Phi) is 6.40. The minimum absolute atomic E-state index is 0.213. The SMILES string of the molecule is O=C(NC1CCCC1N(c1ccccc1)c1cnc(C(F)(F)F)cn1)c1ncccc1Br. The van der Waals surface area contributed by atoms with Crippen LogP contribution in [-0.4, -0.2) is 32.9 Å². The van der Waals surface area contributed by atoms with E-state index in [9.17, 15) is 18.0 Å². The molecule has 0 aliphatic heterocycles. The van der Waals surface area contributed by atoms with E-state index in [2.05, 4.69) is 36.2 Å². The smallest absolute Gasteiger partial charge is 0.346 e. The van der Waals surface area contributed by atoms with Crippen LogP contribution in [0.3, 0.4) is 0 Å². The van der Waals surface area contributed by atoms with Gasteiger partial charge in [0, 0.05) is 22.4 Å². The van der Waals surface area contributed by atoms with Gasteiger partial charge in [0.15, 0.2) is 11.5 Å². The molecule has 1 saturated carbocycles. The summed E-state index contributed by atoms with van der Waals surface area (Å²) in [5, 5.41) is 3.04. The van der Waals surface area contributed by atoms with Crippen LogP contribution in [0.4, 0.5) is 24.7 Å². The van der Waals surface area contributed by atoms with Crippen molar-refractivity contribution in [3.05, 3.63) is 76.9 Å². The van der Waals surface area contributed by atoms with E-state index in [-0.39, 0.29) is 29.5 Å². The molecule has 0 saturated heterocycles. The highest BCUT2D eigenvalue weighted by atomic mass is 79.9. The van der Waals surface area contributed by atoms with Crippen molar-refractivity contribution in [3.8, 4) is 0 Å². The molecule has 1 aliphatic rings. The van der Waals surface area contributed by atoms with Crippen LogP contribution in [0.1, 0.15) is 35.4 Å². The van der Waals surface area contributed by atoms with Gasteiger partial charge in [-0.15, -0.1) is 0 Å². The van der Waals surface area contributed by atoms with Crippen LogP contribution in [0.5, 0.6) is 0 Å². The molecule has 1 aromatic carbocycles. The van der Waals surface area contributed by atoms with Crippen LogP contribution in [-0.2, 0) is 6.18 Å². The molecule has 6 nitrogen and oxygen atoms in total. The number of benzene rings is 1. The fraction of sp³-hybridized carbons (Fsp3) is 0.273. The molecule has 0 spiro atoms. The van der Waals surface area contributed by atoms with Gasteiger partial charge in [-0.05, 0) is 59.5 Å². The van der Waals surface area contributed by atoms with Crippen molar-refractivity contribution in [1.29, 1.82) is 0 Å². The predicted molar refractivity (Wildman–Crippen MR) is 116 cm³/mol. The van der Waals surface area contributed by atoms with Crippen molar-refractivity contribution < 1.29 is 18.0 Å². The highest BCUT2D eigenvalue weighted by Gasteiger charge is 2.37. The third-order valence-electron chi connectivity index (χ3n) is 5.31.